The molecule has 0 unspecified atom stereocenters. The fraction of sp³-hybridized carbons (Fsp3) is 0.654. The molecule has 13 nitrogen and oxygen atoms in total. The van der Waals surface area contributed by atoms with Gasteiger partial charge in [0, 0.05) is 57.7 Å². The van der Waals surface area contributed by atoms with Gasteiger partial charge in [-0.05, 0) is 43.6 Å². The summed E-state index contributed by atoms with van der Waals surface area (Å²) >= 11 is 0. The van der Waals surface area contributed by atoms with E-state index >= 15 is 0 Å². The standard InChI is InChI=1S/C18H28N4O.4C2HF3O2/c1-2-8-20(7-1)9-10-22-11-12-23-18-15-21(14-17(18)22)13-16-3-5-19-6-4-16;4*3-2(4,5)1(6)7/h3-6,17-18H,1-2,7-15H2;4*(H,6,7)/t17-,18+;;;;/m1..../s1. The average Bonchev–Trinajstić information content (AvgIpc) is 3.66. The van der Waals surface area contributed by atoms with Crippen molar-refractivity contribution in [2.24, 2.45) is 0 Å². The third-order valence-electron chi connectivity index (χ3n) is 6.52. The summed E-state index contributed by atoms with van der Waals surface area (Å²) in [6.07, 6.45) is -13.4. The Morgan fingerprint density at radius 1 is 0.647 bits per heavy atom. The molecule has 25 heteroatoms. The first-order valence-corrected chi connectivity index (χ1v) is 14.1. The van der Waals surface area contributed by atoms with Crippen LogP contribution >= 0.6 is 0 Å². The molecule has 0 bridgehead atoms. The SMILES string of the molecule is O=C(O)C(F)(F)F.O=C(O)C(F)(F)F.O=C(O)C(F)(F)F.O=C(O)C(F)(F)F.c1cc(CN2C[C@@H]3OCCN(CCN4CCCC4)[C@@H]3C2)ccn1. The van der Waals surface area contributed by atoms with Crippen LogP contribution in [0.2, 0.25) is 0 Å². The van der Waals surface area contributed by atoms with Crippen LogP contribution in [0, 0.1) is 0 Å². The molecule has 4 rings (SSSR count). The number of nitrogens with zero attached hydrogens (tertiary/aromatic N) is 4. The van der Waals surface area contributed by atoms with Crippen molar-refractivity contribution >= 4 is 23.9 Å². The monoisotopic (exact) mass is 772 g/mol. The second kappa shape index (κ2) is 20.8. The number of carboxylic acids is 4. The third kappa shape index (κ3) is 20.5. The van der Waals surface area contributed by atoms with Crippen LogP contribution in [0.5, 0.6) is 0 Å². The van der Waals surface area contributed by atoms with E-state index in [1.165, 1.54) is 44.6 Å². The third-order valence-corrected chi connectivity index (χ3v) is 6.52. The molecule has 294 valence electrons. The number of rotatable bonds is 5. The molecule has 3 fully saturated rings. The summed E-state index contributed by atoms with van der Waals surface area (Å²) in [4.78, 5) is 47.5. The van der Waals surface area contributed by atoms with Gasteiger partial charge in [0.2, 0.25) is 0 Å². The van der Waals surface area contributed by atoms with Crippen LogP contribution in [0.3, 0.4) is 0 Å². The second-order valence-corrected chi connectivity index (χ2v) is 10.3. The van der Waals surface area contributed by atoms with Crippen LogP contribution in [-0.2, 0) is 30.5 Å². The number of likely N-dealkylation sites (tertiary alicyclic amines) is 2. The molecule has 3 aliphatic heterocycles. The van der Waals surface area contributed by atoms with Gasteiger partial charge in [0.25, 0.3) is 0 Å². The first-order chi connectivity index (χ1) is 23.2. The molecule has 4 heterocycles. The lowest BCUT2D eigenvalue weighted by Crippen LogP contribution is -2.52. The molecule has 1 aromatic rings. The molecule has 3 saturated heterocycles. The number of aliphatic carboxylic acids is 4. The number of hydrogen-bond donors (Lipinski definition) is 4. The first kappa shape index (κ1) is 47.0. The smallest absolute Gasteiger partial charge is 0.475 e. The van der Waals surface area contributed by atoms with Crippen LogP contribution in [0.4, 0.5) is 52.7 Å². The number of morpholine rings is 1. The fourth-order valence-electron chi connectivity index (χ4n) is 4.26. The largest absolute Gasteiger partial charge is 0.490 e. The van der Waals surface area contributed by atoms with Crippen molar-refractivity contribution in [2.75, 3.05) is 52.4 Å². The molecule has 1 aromatic heterocycles. The minimum Gasteiger partial charge on any atom is -0.475 e. The Labute approximate surface area is 280 Å². The summed E-state index contributed by atoms with van der Waals surface area (Å²) in [5.41, 5.74) is 1.35. The van der Waals surface area contributed by atoms with E-state index in [-0.39, 0.29) is 0 Å². The molecule has 0 aromatic carbocycles. The van der Waals surface area contributed by atoms with Gasteiger partial charge in [-0.1, -0.05) is 0 Å². The van der Waals surface area contributed by atoms with E-state index in [1.54, 1.807) is 0 Å². The quantitative estimate of drug-likeness (QED) is 0.319. The number of carboxylic acid groups (broad SMARTS) is 4. The van der Waals surface area contributed by atoms with Crippen LogP contribution in [0.25, 0.3) is 0 Å². The number of aromatic nitrogens is 1. The maximum atomic E-state index is 10.6. The van der Waals surface area contributed by atoms with Crippen molar-refractivity contribution in [3.63, 3.8) is 0 Å². The van der Waals surface area contributed by atoms with Crippen molar-refractivity contribution in [1.82, 2.24) is 19.7 Å². The Bertz CT molecular complexity index is 1130. The van der Waals surface area contributed by atoms with Gasteiger partial charge in [-0.2, -0.15) is 52.7 Å². The summed E-state index contributed by atoms with van der Waals surface area (Å²) in [5, 5.41) is 28.5. The van der Waals surface area contributed by atoms with Gasteiger partial charge in [0.1, 0.15) is 0 Å². The van der Waals surface area contributed by atoms with Crippen LogP contribution in [0.1, 0.15) is 18.4 Å². The number of pyridine rings is 1. The van der Waals surface area contributed by atoms with Crippen molar-refractivity contribution in [3.8, 4) is 0 Å². The summed E-state index contributed by atoms with van der Waals surface area (Å²) in [6.45, 7) is 10.2. The van der Waals surface area contributed by atoms with Crippen LogP contribution in [0.15, 0.2) is 24.5 Å². The molecular weight excluding hydrogens is 740 g/mol. The fourth-order valence-corrected chi connectivity index (χ4v) is 4.26. The minimum absolute atomic E-state index is 0.393. The van der Waals surface area contributed by atoms with Crippen molar-refractivity contribution in [3.05, 3.63) is 30.1 Å². The first-order valence-electron chi connectivity index (χ1n) is 14.1. The molecule has 0 amide bonds. The summed E-state index contributed by atoms with van der Waals surface area (Å²) in [6, 6.07) is 4.82. The van der Waals surface area contributed by atoms with Gasteiger partial charge in [0.05, 0.1) is 12.7 Å². The van der Waals surface area contributed by atoms with Crippen molar-refractivity contribution in [2.45, 2.75) is 56.2 Å². The molecule has 3 aliphatic rings. The highest BCUT2D eigenvalue weighted by Crippen LogP contribution is 2.24. The lowest BCUT2D eigenvalue weighted by atomic mass is 10.1. The molecule has 2 atom stereocenters. The average molecular weight is 773 g/mol. The lowest BCUT2D eigenvalue weighted by molar-refractivity contribution is -0.193. The highest BCUT2D eigenvalue weighted by atomic mass is 19.4. The Morgan fingerprint density at radius 2 is 1.04 bits per heavy atom. The Kier molecular flexibility index (Phi) is 19.2. The maximum absolute atomic E-state index is 10.6. The number of carbonyl (C=O) groups is 4. The number of halogens is 12. The van der Waals surface area contributed by atoms with E-state index in [1.807, 2.05) is 12.4 Å². The predicted octanol–water partition coefficient (Wildman–Crippen LogP) is 3.60. The second-order valence-electron chi connectivity index (χ2n) is 10.3. The Morgan fingerprint density at radius 3 is 1.41 bits per heavy atom. The zero-order chi connectivity index (χ0) is 39.8. The van der Waals surface area contributed by atoms with Gasteiger partial charge in [-0.25, -0.2) is 19.2 Å². The molecule has 51 heavy (non-hydrogen) atoms. The van der Waals surface area contributed by atoms with Gasteiger partial charge < -0.3 is 30.1 Å². The summed E-state index contributed by atoms with van der Waals surface area (Å²) in [7, 11) is 0. The highest BCUT2D eigenvalue weighted by Gasteiger charge is 2.41. The predicted molar refractivity (Wildman–Crippen MR) is 145 cm³/mol. The number of hydrogen-bond acceptors (Lipinski definition) is 9. The van der Waals surface area contributed by atoms with Gasteiger partial charge >= 0.3 is 48.6 Å². The number of alkyl halides is 12. The normalized spacial score (nSPS) is 19.7. The van der Waals surface area contributed by atoms with Gasteiger partial charge in [-0.3, -0.25) is 14.8 Å². The molecule has 0 spiro atoms. The summed E-state index contributed by atoms with van der Waals surface area (Å²) in [5.74, 6) is -11.0. The topological polar surface area (TPSA) is 181 Å². The minimum atomic E-state index is -5.08. The van der Waals surface area contributed by atoms with Crippen molar-refractivity contribution < 1.29 is 97.0 Å². The highest BCUT2D eigenvalue weighted by molar-refractivity contribution is 5.74. The van der Waals surface area contributed by atoms with Gasteiger partial charge in [0.15, 0.2) is 0 Å². The van der Waals surface area contributed by atoms with Crippen molar-refractivity contribution in [1.29, 1.82) is 0 Å². The lowest BCUT2D eigenvalue weighted by Gasteiger charge is -2.37. The van der Waals surface area contributed by atoms with Gasteiger partial charge in [-0.15, -0.1) is 0 Å². The molecule has 0 radical (unpaired) electrons. The van der Waals surface area contributed by atoms with E-state index in [4.69, 9.17) is 44.3 Å². The molecule has 0 saturated carbocycles. The van der Waals surface area contributed by atoms with E-state index in [0.29, 0.717) is 12.1 Å². The van der Waals surface area contributed by atoms with E-state index in [2.05, 4.69) is 31.8 Å². The zero-order valence-electron chi connectivity index (χ0n) is 25.9. The zero-order valence-corrected chi connectivity index (χ0v) is 25.9. The molecule has 0 aliphatic carbocycles. The summed E-state index contributed by atoms with van der Waals surface area (Å²) < 4.78 is 133. The Hall–Kier alpha value is -3.97. The van der Waals surface area contributed by atoms with Crippen LogP contribution < -0.4 is 0 Å². The molecular formula is C26H32F12N4O9. The number of ether oxygens (including phenoxy) is 1. The Balaban J connectivity index is 0.000000737. The van der Waals surface area contributed by atoms with E-state index < -0.39 is 48.6 Å². The maximum Gasteiger partial charge on any atom is 0.490 e. The van der Waals surface area contributed by atoms with E-state index in [0.717, 1.165) is 32.8 Å². The van der Waals surface area contributed by atoms with Crippen LogP contribution in [-0.4, -0.2) is 153 Å². The number of fused-ring (bicyclic) bond motifs is 1. The van der Waals surface area contributed by atoms with E-state index in [9.17, 15) is 52.7 Å². The molecule has 4 N–H and O–H groups in total.